The van der Waals surface area contributed by atoms with Crippen LogP contribution in [0.2, 0.25) is 0 Å². The smallest absolute Gasteiger partial charge is 0.261 e. The molecule has 0 fully saturated rings. The van der Waals surface area contributed by atoms with Crippen LogP contribution in [0.1, 0.15) is 11.1 Å². The number of nitro groups is 2. The number of ether oxygens (including phenoxy) is 1. The third-order valence-electron chi connectivity index (χ3n) is 3.78. The lowest BCUT2D eigenvalue weighted by Crippen LogP contribution is -2.48. The Kier molecular flexibility index (Phi) is 5.09. The van der Waals surface area contributed by atoms with Crippen LogP contribution in [0, 0.1) is 20.2 Å². The summed E-state index contributed by atoms with van der Waals surface area (Å²) in [6.07, 6.45) is 1.88. The molecule has 128 valence electrons. The van der Waals surface area contributed by atoms with Gasteiger partial charge in [0, 0.05) is 12.2 Å². The predicted molar refractivity (Wildman–Crippen MR) is 91.7 cm³/mol. The van der Waals surface area contributed by atoms with Crippen LogP contribution in [0.15, 0.2) is 86.0 Å². The Balaban J connectivity index is 2.70. The van der Waals surface area contributed by atoms with Gasteiger partial charge in [0.25, 0.3) is 0 Å². The molecule has 2 aromatic rings. The maximum Gasteiger partial charge on any atom is 0.376 e. The molecule has 0 saturated carbocycles. The van der Waals surface area contributed by atoms with Gasteiger partial charge in [-0.2, -0.15) is 0 Å². The normalized spacial score (nSPS) is 15.4. The van der Waals surface area contributed by atoms with Gasteiger partial charge in [0.2, 0.25) is 0 Å². The molecule has 0 aliphatic rings. The molecule has 0 bridgehead atoms. The van der Waals surface area contributed by atoms with E-state index in [1.165, 1.54) is 24.3 Å². The first-order valence-electron chi connectivity index (χ1n) is 7.30. The highest BCUT2D eigenvalue weighted by Crippen LogP contribution is 2.39. The Hall–Kier alpha value is -3.32. The van der Waals surface area contributed by atoms with E-state index in [9.17, 15) is 20.2 Å². The van der Waals surface area contributed by atoms with Crippen molar-refractivity contribution >= 4 is 0 Å². The van der Waals surface area contributed by atoms with Crippen LogP contribution in [0.5, 0.6) is 0 Å². The molecule has 7 nitrogen and oxygen atoms in total. The van der Waals surface area contributed by atoms with Gasteiger partial charge >= 0.3 is 11.4 Å². The van der Waals surface area contributed by atoms with Crippen molar-refractivity contribution in [1.29, 1.82) is 0 Å². The average Bonchev–Trinajstić information content (AvgIpc) is 2.64. The molecule has 7 heteroatoms. The predicted octanol–water partition coefficient (Wildman–Crippen LogP) is 3.63. The monoisotopic (exact) mass is 340 g/mol. The van der Waals surface area contributed by atoms with Crippen molar-refractivity contribution in [3.8, 4) is 0 Å². The zero-order valence-electron chi connectivity index (χ0n) is 13.3. The Labute approximate surface area is 144 Å². The van der Waals surface area contributed by atoms with Crippen LogP contribution in [0.3, 0.4) is 0 Å². The standard InChI is InChI=1S/C18H16N2O5/c1-3-17(19(21)22,15-11-7-5-8-12-15)25-18(4-2,20(23)24)16-13-9-6-10-14-16/h3-14H,1-2H2. The summed E-state index contributed by atoms with van der Waals surface area (Å²) in [5, 5.41) is 23.7. The first-order chi connectivity index (χ1) is 11.9. The van der Waals surface area contributed by atoms with E-state index in [2.05, 4.69) is 13.2 Å². The van der Waals surface area contributed by atoms with Gasteiger partial charge in [0.05, 0.1) is 21.0 Å². The molecular formula is C18H16N2O5. The summed E-state index contributed by atoms with van der Waals surface area (Å²) in [4.78, 5) is 22.2. The van der Waals surface area contributed by atoms with Gasteiger partial charge in [-0.3, -0.25) is 20.2 Å². The number of benzene rings is 2. The Morgan fingerprint density at radius 3 is 1.32 bits per heavy atom. The maximum absolute atomic E-state index is 11.9. The third kappa shape index (κ3) is 3.05. The Morgan fingerprint density at radius 2 is 1.08 bits per heavy atom. The highest BCUT2D eigenvalue weighted by molar-refractivity contribution is 5.28. The second kappa shape index (κ2) is 7.06. The molecule has 0 aliphatic carbocycles. The van der Waals surface area contributed by atoms with Gasteiger partial charge in [-0.05, 0) is 24.3 Å². The van der Waals surface area contributed by atoms with Crippen LogP contribution in [0.4, 0.5) is 0 Å². The van der Waals surface area contributed by atoms with Crippen LogP contribution in [0.25, 0.3) is 0 Å². The Bertz CT molecular complexity index is 726. The molecule has 0 radical (unpaired) electrons. The lowest BCUT2D eigenvalue weighted by molar-refractivity contribution is -0.707. The van der Waals surface area contributed by atoms with E-state index in [-0.39, 0.29) is 11.1 Å². The van der Waals surface area contributed by atoms with Gasteiger partial charge in [-0.25, -0.2) is 4.74 Å². The van der Waals surface area contributed by atoms with Crippen LogP contribution >= 0.6 is 0 Å². The Morgan fingerprint density at radius 1 is 0.760 bits per heavy atom. The van der Waals surface area contributed by atoms with Gasteiger partial charge in [0.1, 0.15) is 0 Å². The summed E-state index contributed by atoms with van der Waals surface area (Å²) < 4.78 is 5.58. The minimum absolute atomic E-state index is 0.110. The first-order valence-corrected chi connectivity index (χ1v) is 7.30. The van der Waals surface area contributed by atoms with E-state index in [1.807, 2.05) is 0 Å². The number of hydrogen-bond acceptors (Lipinski definition) is 5. The zero-order chi connectivity index (χ0) is 18.5. The average molecular weight is 340 g/mol. The van der Waals surface area contributed by atoms with E-state index < -0.39 is 21.3 Å². The summed E-state index contributed by atoms with van der Waals surface area (Å²) >= 11 is 0. The fourth-order valence-electron chi connectivity index (χ4n) is 2.46. The quantitative estimate of drug-likeness (QED) is 0.316. The van der Waals surface area contributed by atoms with Crippen molar-refractivity contribution in [3.63, 3.8) is 0 Å². The van der Waals surface area contributed by atoms with Crippen LogP contribution in [-0.4, -0.2) is 9.85 Å². The van der Waals surface area contributed by atoms with Crippen molar-refractivity contribution in [1.82, 2.24) is 0 Å². The molecule has 0 saturated heterocycles. The van der Waals surface area contributed by atoms with Crippen molar-refractivity contribution < 1.29 is 14.6 Å². The summed E-state index contributed by atoms with van der Waals surface area (Å²) in [6.45, 7) is 6.96. The van der Waals surface area contributed by atoms with E-state index >= 15 is 0 Å². The summed E-state index contributed by atoms with van der Waals surface area (Å²) in [5.41, 5.74) is -4.42. The highest BCUT2D eigenvalue weighted by atomic mass is 16.7. The van der Waals surface area contributed by atoms with E-state index in [0.29, 0.717) is 0 Å². The van der Waals surface area contributed by atoms with Gasteiger partial charge in [-0.15, -0.1) is 0 Å². The molecule has 0 amide bonds. The van der Waals surface area contributed by atoms with E-state index in [1.54, 1.807) is 36.4 Å². The largest absolute Gasteiger partial charge is 0.376 e. The second-order valence-electron chi connectivity index (χ2n) is 5.15. The zero-order valence-corrected chi connectivity index (χ0v) is 13.3. The number of nitrogens with zero attached hydrogens (tertiary/aromatic N) is 2. The molecule has 2 aromatic carbocycles. The lowest BCUT2D eigenvalue weighted by Gasteiger charge is -2.30. The van der Waals surface area contributed by atoms with Crippen molar-refractivity contribution in [2.75, 3.05) is 0 Å². The number of rotatable bonds is 8. The van der Waals surface area contributed by atoms with Crippen molar-refractivity contribution in [2.45, 2.75) is 11.4 Å². The fraction of sp³-hybridized carbons (Fsp3) is 0.111. The van der Waals surface area contributed by atoms with Crippen molar-refractivity contribution in [3.05, 3.63) is 117 Å². The fourth-order valence-corrected chi connectivity index (χ4v) is 2.46. The summed E-state index contributed by atoms with van der Waals surface area (Å²) in [6, 6.07) is 15.4. The molecule has 0 aromatic heterocycles. The molecule has 2 atom stereocenters. The molecule has 0 heterocycles. The third-order valence-corrected chi connectivity index (χ3v) is 3.78. The molecule has 0 aliphatic heterocycles. The highest BCUT2D eigenvalue weighted by Gasteiger charge is 2.57. The first kappa shape index (κ1) is 18.0. The molecule has 25 heavy (non-hydrogen) atoms. The SMILES string of the molecule is C=CC(OC(C=C)(c1ccccc1)[N+](=O)[O-])(c1ccccc1)[N+](=O)[O-]. The van der Waals surface area contributed by atoms with Crippen molar-refractivity contribution in [2.24, 2.45) is 0 Å². The van der Waals surface area contributed by atoms with Crippen LogP contribution in [-0.2, 0) is 16.2 Å². The molecular weight excluding hydrogens is 324 g/mol. The summed E-state index contributed by atoms with van der Waals surface area (Å²) in [5.74, 6) is 0. The van der Waals surface area contributed by atoms with E-state index in [0.717, 1.165) is 12.2 Å². The minimum Gasteiger partial charge on any atom is -0.261 e. The van der Waals surface area contributed by atoms with Gasteiger partial charge in [-0.1, -0.05) is 49.6 Å². The molecule has 2 rings (SSSR count). The van der Waals surface area contributed by atoms with Gasteiger partial charge in [0.15, 0.2) is 0 Å². The minimum atomic E-state index is -2.32. The maximum atomic E-state index is 11.9. The van der Waals surface area contributed by atoms with Gasteiger partial charge < -0.3 is 0 Å². The molecule has 0 spiro atoms. The molecule has 2 unspecified atom stereocenters. The van der Waals surface area contributed by atoms with E-state index in [4.69, 9.17) is 4.74 Å². The summed E-state index contributed by atoms with van der Waals surface area (Å²) in [7, 11) is 0. The van der Waals surface area contributed by atoms with Crippen LogP contribution < -0.4 is 0 Å². The lowest BCUT2D eigenvalue weighted by atomic mass is 9.99. The topological polar surface area (TPSA) is 95.5 Å². The number of hydrogen-bond donors (Lipinski definition) is 0. The second-order valence-corrected chi connectivity index (χ2v) is 5.15. The molecule has 0 N–H and O–H groups in total.